The molecule has 15 heavy (non-hydrogen) atoms. The number of methoxy groups -OCH3 is 1. The third-order valence-corrected chi connectivity index (χ3v) is 3.21. The zero-order chi connectivity index (χ0) is 10.7. The number of carbonyl (C=O) groups is 1. The first kappa shape index (κ1) is 10.6. The van der Waals surface area contributed by atoms with Gasteiger partial charge in [-0.25, -0.2) is 4.98 Å². The van der Waals surface area contributed by atoms with E-state index in [-0.39, 0.29) is 5.91 Å². The minimum atomic E-state index is 0.0508. The highest BCUT2D eigenvalue weighted by Gasteiger charge is 2.27. The normalized spacial score (nSPS) is 20.9. The molecule has 1 aromatic rings. The van der Waals surface area contributed by atoms with E-state index >= 15 is 0 Å². The zero-order valence-electron chi connectivity index (χ0n) is 8.68. The van der Waals surface area contributed by atoms with Gasteiger partial charge in [-0.05, 0) is 6.42 Å². The Bertz CT molecular complexity index is 326. The Labute approximate surface area is 92.9 Å². The van der Waals surface area contributed by atoms with E-state index < -0.39 is 0 Å². The Balaban J connectivity index is 1.93. The molecule has 1 aliphatic heterocycles. The highest BCUT2D eigenvalue weighted by molar-refractivity contribution is 7.07. The number of nitrogens with zero attached hydrogens (tertiary/aromatic N) is 2. The van der Waals surface area contributed by atoms with Crippen LogP contribution in [0.4, 0.5) is 0 Å². The van der Waals surface area contributed by atoms with Gasteiger partial charge in [0.05, 0.1) is 12.1 Å². The Morgan fingerprint density at radius 2 is 2.67 bits per heavy atom. The SMILES string of the molecule is COCC1CCN(C(=O)c2cscn2)C1. The number of rotatable bonds is 3. The molecule has 0 aromatic carbocycles. The molecule has 1 amide bonds. The van der Waals surface area contributed by atoms with E-state index in [1.807, 2.05) is 4.90 Å². The van der Waals surface area contributed by atoms with Crippen molar-refractivity contribution in [2.45, 2.75) is 6.42 Å². The summed E-state index contributed by atoms with van der Waals surface area (Å²) < 4.78 is 5.09. The summed E-state index contributed by atoms with van der Waals surface area (Å²) in [7, 11) is 1.70. The van der Waals surface area contributed by atoms with E-state index in [4.69, 9.17) is 4.74 Å². The maximum atomic E-state index is 11.9. The Morgan fingerprint density at radius 1 is 1.80 bits per heavy atom. The van der Waals surface area contributed by atoms with Gasteiger partial charge in [0, 0.05) is 31.5 Å². The van der Waals surface area contributed by atoms with Crippen molar-refractivity contribution in [3.63, 3.8) is 0 Å². The lowest BCUT2D eigenvalue weighted by Gasteiger charge is -2.14. The predicted molar refractivity (Wildman–Crippen MR) is 58.0 cm³/mol. The lowest BCUT2D eigenvalue weighted by atomic mass is 10.1. The summed E-state index contributed by atoms with van der Waals surface area (Å²) in [6.07, 6.45) is 1.03. The van der Waals surface area contributed by atoms with E-state index in [2.05, 4.69) is 4.98 Å². The van der Waals surface area contributed by atoms with Crippen molar-refractivity contribution in [3.8, 4) is 0 Å². The monoisotopic (exact) mass is 226 g/mol. The minimum absolute atomic E-state index is 0.0508. The van der Waals surface area contributed by atoms with Gasteiger partial charge in [0.2, 0.25) is 0 Å². The van der Waals surface area contributed by atoms with Crippen molar-refractivity contribution in [1.29, 1.82) is 0 Å². The molecule has 0 spiro atoms. The van der Waals surface area contributed by atoms with E-state index in [0.717, 1.165) is 26.1 Å². The summed E-state index contributed by atoms with van der Waals surface area (Å²) in [5.74, 6) is 0.535. The highest BCUT2D eigenvalue weighted by atomic mass is 32.1. The molecule has 0 N–H and O–H groups in total. The molecule has 1 aromatic heterocycles. The van der Waals surface area contributed by atoms with Crippen molar-refractivity contribution in [2.75, 3.05) is 26.8 Å². The van der Waals surface area contributed by atoms with E-state index in [9.17, 15) is 4.79 Å². The van der Waals surface area contributed by atoms with Crippen LogP contribution < -0.4 is 0 Å². The first-order chi connectivity index (χ1) is 7.31. The van der Waals surface area contributed by atoms with Crippen LogP contribution in [0.2, 0.25) is 0 Å². The standard InChI is InChI=1S/C10H14N2O2S/c1-14-5-8-2-3-12(4-8)10(13)9-6-15-7-11-9/h6-8H,2-5H2,1H3. The quantitative estimate of drug-likeness (QED) is 0.779. The van der Waals surface area contributed by atoms with Crippen LogP contribution in [-0.2, 0) is 4.74 Å². The minimum Gasteiger partial charge on any atom is -0.384 e. The van der Waals surface area contributed by atoms with Gasteiger partial charge >= 0.3 is 0 Å². The van der Waals surface area contributed by atoms with E-state index in [1.54, 1.807) is 18.0 Å². The van der Waals surface area contributed by atoms with Crippen LogP contribution in [0.3, 0.4) is 0 Å². The van der Waals surface area contributed by atoms with Gasteiger partial charge in [0.25, 0.3) is 5.91 Å². The fraction of sp³-hybridized carbons (Fsp3) is 0.600. The molecule has 4 nitrogen and oxygen atoms in total. The molecular weight excluding hydrogens is 212 g/mol. The molecule has 0 bridgehead atoms. The molecule has 1 atom stereocenters. The maximum absolute atomic E-state index is 11.9. The number of aromatic nitrogens is 1. The average molecular weight is 226 g/mol. The molecule has 1 fully saturated rings. The van der Waals surface area contributed by atoms with Crippen molar-refractivity contribution in [3.05, 3.63) is 16.6 Å². The first-order valence-electron chi connectivity index (χ1n) is 4.97. The van der Waals surface area contributed by atoms with Crippen molar-refractivity contribution < 1.29 is 9.53 Å². The highest BCUT2D eigenvalue weighted by Crippen LogP contribution is 2.18. The largest absolute Gasteiger partial charge is 0.384 e. The topological polar surface area (TPSA) is 42.4 Å². The Hall–Kier alpha value is -0.940. The number of carbonyl (C=O) groups excluding carboxylic acids is 1. The first-order valence-corrected chi connectivity index (χ1v) is 5.92. The van der Waals surface area contributed by atoms with Crippen LogP contribution in [0.15, 0.2) is 10.9 Å². The van der Waals surface area contributed by atoms with Crippen molar-refractivity contribution in [1.82, 2.24) is 9.88 Å². The van der Waals surface area contributed by atoms with Crippen molar-refractivity contribution >= 4 is 17.2 Å². The molecule has 1 unspecified atom stereocenters. The Kier molecular flexibility index (Phi) is 3.33. The van der Waals surface area contributed by atoms with Crippen LogP contribution >= 0.6 is 11.3 Å². The second-order valence-electron chi connectivity index (χ2n) is 3.73. The number of amides is 1. The average Bonchev–Trinajstić information content (AvgIpc) is 2.87. The number of hydrogen-bond donors (Lipinski definition) is 0. The lowest BCUT2D eigenvalue weighted by Crippen LogP contribution is -2.29. The second kappa shape index (κ2) is 4.72. The number of thiazole rings is 1. The molecule has 1 aliphatic rings. The number of ether oxygens (including phenoxy) is 1. The molecule has 0 saturated carbocycles. The molecule has 2 heterocycles. The zero-order valence-corrected chi connectivity index (χ0v) is 9.50. The smallest absolute Gasteiger partial charge is 0.273 e. The Morgan fingerprint density at radius 3 is 3.33 bits per heavy atom. The molecular formula is C10H14N2O2S. The molecule has 82 valence electrons. The fourth-order valence-electron chi connectivity index (χ4n) is 1.87. The van der Waals surface area contributed by atoms with E-state index in [0.29, 0.717) is 11.6 Å². The van der Waals surface area contributed by atoms with Gasteiger partial charge in [-0.3, -0.25) is 4.79 Å². The van der Waals surface area contributed by atoms with Crippen molar-refractivity contribution in [2.24, 2.45) is 5.92 Å². The molecule has 5 heteroatoms. The van der Waals surface area contributed by atoms with Gasteiger partial charge in [-0.2, -0.15) is 0 Å². The third kappa shape index (κ3) is 2.35. The predicted octanol–water partition coefficient (Wildman–Crippen LogP) is 1.25. The van der Waals surface area contributed by atoms with Crippen LogP contribution in [0.25, 0.3) is 0 Å². The van der Waals surface area contributed by atoms with Crippen LogP contribution in [0, 0.1) is 5.92 Å². The van der Waals surface area contributed by atoms with Gasteiger partial charge in [-0.1, -0.05) is 0 Å². The van der Waals surface area contributed by atoms with Gasteiger partial charge < -0.3 is 9.64 Å². The molecule has 2 rings (SSSR count). The molecule has 0 radical (unpaired) electrons. The van der Waals surface area contributed by atoms with Crippen LogP contribution in [0.1, 0.15) is 16.9 Å². The molecule has 0 aliphatic carbocycles. The van der Waals surface area contributed by atoms with E-state index in [1.165, 1.54) is 11.3 Å². The third-order valence-electron chi connectivity index (χ3n) is 2.63. The maximum Gasteiger partial charge on any atom is 0.273 e. The second-order valence-corrected chi connectivity index (χ2v) is 4.45. The summed E-state index contributed by atoms with van der Waals surface area (Å²) >= 11 is 1.45. The summed E-state index contributed by atoms with van der Waals surface area (Å²) in [5, 5.41) is 1.80. The van der Waals surface area contributed by atoms with Gasteiger partial charge in [-0.15, -0.1) is 11.3 Å². The number of likely N-dealkylation sites (tertiary alicyclic amines) is 1. The van der Waals surface area contributed by atoms with Crippen LogP contribution in [0.5, 0.6) is 0 Å². The van der Waals surface area contributed by atoms with Crippen LogP contribution in [-0.4, -0.2) is 42.6 Å². The fourth-order valence-corrected chi connectivity index (χ4v) is 2.39. The molecule has 1 saturated heterocycles. The summed E-state index contributed by atoms with van der Waals surface area (Å²) in [4.78, 5) is 17.8. The summed E-state index contributed by atoms with van der Waals surface area (Å²) in [6, 6.07) is 0. The lowest BCUT2D eigenvalue weighted by molar-refractivity contribution is 0.0770. The summed E-state index contributed by atoms with van der Waals surface area (Å²) in [5.41, 5.74) is 2.26. The summed E-state index contributed by atoms with van der Waals surface area (Å²) in [6.45, 7) is 2.36. The van der Waals surface area contributed by atoms with Gasteiger partial charge in [0.15, 0.2) is 0 Å². The number of hydrogen-bond acceptors (Lipinski definition) is 4. The van der Waals surface area contributed by atoms with Gasteiger partial charge in [0.1, 0.15) is 5.69 Å².